The second kappa shape index (κ2) is 9.64. The van der Waals surface area contributed by atoms with E-state index < -0.39 is 0 Å². The first kappa shape index (κ1) is 20.3. The number of amides is 2. The van der Waals surface area contributed by atoms with Crippen molar-refractivity contribution in [3.05, 3.63) is 78.1 Å². The molecule has 2 atom stereocenters. The number of carbonyl (C=O) groups excluding carboxylic acids is 2. The summed E-state index contributed by atoms with van der Waals surface area (Å²) in [6, 6.07) is 12.3. The van der Waals surface area contributed by atoms with Crippen molar-refractivity contribution < 1.29 is 14.0 Å². The maximum atomic E-state index is 12.9. The molecule has 3 N–H and O–H groups in total. The molecule has 2 rings (SSSR count). The lowest BCUT2D eigenvalue weighted by Gasteiger charge is -2.20. The van der Waals surface area contributed by atoms with Gasteiger partial charge in [0, 0.05) is 23.8 Å². The van der Waals surface area contributed by atoms with E-state index in [1.165, 1.54) is 24.3 Å². The van der Waals surface area contributed by atoms with Crippen molar-refractivity contribution in [1.29, 1.82) is 0 Å². The molecular weight excluding hydrogens is 345 g/mol. The fourth-order valence-electron chi connectivity index (χ4n) is 2.53. The molecule has 0 aromatic heterocycles. The van der Waals surface area contributed by atoms with Gasteiger partial charge in [-0.2, -0.15) is 0 Å². The van der Waals surface area contributed by atoms with E-state index in [9.17, 15) is 14.0 Å². The second-order valence-corrected chi connectivity index (χ2v) is 6.23. The standard InChI is InChI=1S/C21H24FN3O2/c1-4-13-23-20(26)15(3)24-14(2)16-7-11-19(12-8-16)25-21(27)17-5-9-18(22)10-6-17/h4-12,14-15,24H,1,13H2,2-3H3,(H,23,26)(H,25,27)/t14-,15-/m0/s1. The summed E-state index contributed by atoms with van der Waals surface area (Å²) in [5.41, 5.74) is 2.00. The minimum absolute atomic E-state index is 0.0451. The monoisotopic (exact) mass is 369 g/mol. The molecule has 0 spiro atoms. The third-order valence-electron chi connectivity index (χ3n) is 4.09. The molecule has 6 heteroatoms. The van der Waals surface area contributed by atoms with E-state index in [1.807, 2.05) is 19.1 Å². The van der Waals surface area contributed by atoms with Crippen molar-refractivity contribution in [2.75, 3.05) is 11.9 Å². The largest absolute Gasteiger partial charge is 0.351 e. The molecule has 0 aliphatic rings. The van der Waals surface area contributed by atoms with Gasteiger partial charge < -0.3 is 10.6 Å². The van der Waals surface area contributed by atoms with Crippen LogP contribution >= 0.6 is 0 Å². The third kappa shape index (κ3) is 6.04. The van der Waals surface area contributed by atoms with Gasteiger partial charge in [-0.1, -0.05) is 18.2 Å². The molecule has 142 valence electrons. The Hall–Kier alpha value is -2.99. The molecule has 2 aromatic rings. The first-order valence-corrected chi connectivity index (χ1v) is 8.72. The molecular formula is C21H24FN3O2. The number of benzene rings is 2. The molecule has 5 nitrogen and oxygen atoms in total. The van der Waals surface area contributed by atoms with Crippen LogP contribution in [0.25, 0.3) is 0 Å². The lowest BCUT2D eigenvalue weighted by atomic mass is 10.1. The highest BCUT2D eigenvalue weighted by Gasteiger charge is 2.15. The summed E-state index contributed by atoms with van der Waals surface area (Å²) in [4.78, 5) is 24.1. The number of nitrogens with one attached hydrogen (secondary N) is 3. The number of carbonyl (C=O) groups is 2. The van der Waals surface area contributed by atoms with Crippen molar-refractivity contribution in [3.63, 3.8) is 0 Å². The Morgan fingerprint density at radius 2 is 1.70 bits per heavy atom. The van der Waals surface area contributed by atoms with Gasteiger partial charge >= 0.3 is 0 Å². The quantitative estimate of drug-likeness (QED) is 0.625. The van der Waals surface area contributed by atoms with Crippen LogP contribution < -0.4 is 16.0 Å². The van der Waals surface area contributed by atoms with E-state index in [2.05, 4.69) is 22.5 Å². The van der Waals surface area contributed by atoms with Gasteiger partial charge in [0.2, 0.25) is 5.91 Å². The van der Waals surface area contributed by atoms with Crippen LogP contribution in [0.3, 0.4) is 0 Å². The van der Waals surface area contributed by atoms with Crippen LogP contribution in [0.4, 0.5) is 10.1 Å². The van der Waals surface area contributed by atoms with Crippen LogP contribution in [-0.2, 0) is 4.79 Å². The maximum absolute atomic E-state index is 12.9. The normalized spacial score (nSPS) is 12.7. The first-order chi connectivity index (χ1) is 12.9. The molecule has 0 unspecified atom stereocenters. The molecule has 0 aliphatic heterocycles. The Labute approximate surface area is 158 Å². The van der Waals surface area contributed by atoms with Crippen molar-refractivity contribution in [3.8, 4) is 0 Å². The van der Waals surface area contributed by atoms with Crippen LogP contribution in [0.15, 0.2) is 61.2 Å². The molecule has 0 saturated carbocycles. The van der Waals surface area contributed by atoms with Gasteiger partial charge in [0.15, 0.2) is 0 Å². The fraction of sp³-hybridized carbons (Fsp3) is 0.238. The molecule has 0 bridgehead atoms. The molecule has 0 radical (unpaired) electrons. The Balaban J connectivity index is 1.93. The van der Waals surface area contributed by atoms with Gasteiger partial charge in [0.1, 0.15) is 5.82 Å². The van der Waals surface area contributed by atoms with E-state index in [4.69, 9.17) is 0 Å². The summed E-state index contributed by atoms with van der Waals surface area (Å²) in [5.74, 6) is -0.781. The molecule has 0 heterocycles. The second-order valence-electron chi connectivity index (χ2n) is 6.23. The van der Waals surface area contributed by atoms with Crippen molar-refractivity contribution in [2.24, 2.45) is 0 Å². The predicted molar refractivity (Wildman–Crippen MR) is 105 cm³/mol. The van der Waals surface area contributed by atoms with Gasteiger partial charge in [-0.15, -0.1) is 6.58 Å². The minimum atomic E-state index is -0.384. The number of hydrogen-bond donors (Lipinski definition) is 3. The first-order valence-electron chi connectivity index (χ1n) is 8.72. The summed E-state index contributed by atoms with van der Waals surface area (Å²) in [7, 11) is 0. The van der Waals surface area contributed by atoms with Gasteiger partial charge in [0.25, 0.3) is 5.91 Å². The lowest BCUT2D eigenvalue weighted by Crippen LogP contribution is -2.43. The van der Waals surface area contributed by atoms with Gasteiger partial charge in [0.05, 0.1) is 6.04 Å². The topological polar surface area (TPSA) is 70.2 Å². The van der Waals surface area contributed by atoms with E-state index in [-0.39, 0.29) is 29.7 Å². The number of halogens is 1. The Kier molecular flexibility index (Phi) is 7.25. The zero-order chi connectivity index (χ0) is 19.8. The molecule has 27 heavy (non-hydrogen) atoms. The van der Waals surface area contributed by atoms with Gasteiger partial charge in [-0.25, -0.2) is 4.39 Å². The van der Waals surface area contributed by atoms with E-state index in [1.54, 1.807) is 25.1 Å². The fourth-order valence-corrected chi connectivity index (χ4v) is 2.53. The summed E-state index contributed by atoms with van der Waals surface area (Å²) in [6.45, 7) is 7.76. The Morgan fingerprint density at radius 1 is 1.07 bits per heavy atom. The van der Waals surface area contributed by atoms with Crippen LogP contribution in [0.5, 0.6) is 0 Å². The van der Waals surface area contributed by atoms with Gasteiger partial charge in [-0.3, -0.25) is 14.9 Å². The average molecular weight is 369 g/mol. The summed E-state index contributed by atoms with van der Waals surface area (Å²) in [5, 5.41) is 8.75. The average Bonchev–Trinajstić information content (AvgIpc) is 2.66. The highest BCUT2D eigenvalue weighted by molar-refractivity contribution is 6.04. The summed E-state index contributed by atoms with van der Waals surface area (Å²) < 4.78 is 12.9. The zero-order valence-electron chi connectivity index (χ0n) is 15.5. The smallest absolute Gasteiger partial charge is 0.255 e. The van der Waals surface area contributed by atoms with Crippen LogP contribution in [-0.4, -0.2) is 24.4 Å². The Bertz CT molecular complexity index is 788. The summed E-state index contributed by atoms with van der Waals surface area (Å²) in [6.07, 6.45) is 1.63. The van der Waals surface area contributed by atoms with E-state index >= 15 is 0 Å². The predicted octanol–water partition coefficient (Wildman–Crippen LogP) is 3.42. The SMILES string of the molecule is C=CCNC(=O)[C@H](C)N[C@@H](C)c1ccc(NC(=O)c2ccc(F)cc2)cc1. The van der Waals surface area contributed by atoms with Gasteiger partial charge in [-0.05, 0) is 55.8 Å². The summed E-state index contributed by atoms with van der Waals surface area (Å²) >= 11 is 0. The van der Waals surface area contributed by atoms with E-state index in [0.29, 0.717) is 17.8 Å². The lowest BCUT2D eigenvalue weighted by molar-refractivity contribution is -0.122. The van der Waals surface area contributed by atoms with E-state index in [0.717, 1.165) is 5.56 Å². The van der Waals surface area contributed by atoms with Crippen LogP contribution in [0.1, 0.15) is 35.8 Å². The molecule has 0 saturated heterocycles. The number of hydrogen-bond acceptors (Lipinski definition) is 3. The number of anilines is 1. The van der Waals surface area contributed by atoms with Crippen LogP contribution in [0, 0.1) is 5.82 Å². The highest BCUT2D eigenvalue weighted by Crippen LogP contribution is 2.17. The number of rotatable bonds is 8. The molecule has 2 amide bonds. The van der Waals surface area contributed by atoms with Crippen molar-refractivity contribution in [2.45, 2.75) is 25.9 Å². The van der Waals surface area contributed by atoms with Crippen molar-refractivity contribution in [1.82, 2.24) is 10.6 Å². The van der Waals surface area contributed by atoms with Crippen molar-refractivity contribution >= 4 is 17.5 Å². The highest BCUT2D eigenvalue weighted by atomic mass is 19.1. The third-order valence-corrected chi connectivity index (χ3v) is 4.09. The molecule has 0 aliphatic carbocycles. The molecule has 0 fully saturated rings. The molecule has 2 aromatic carbocycles. The maximum Gasteiger partial charge on any atom is 0.255 e. The zero-order valence-corrected chi connectivity index (χ0v) is 15.5. The van der Waals surface area contributed by atoms with Crippen LogP contribution in [0.2, 0.25) is 0 Å². The minimum Gasteiger partial charge on any atom is -0.351 e. The Morgan fingerprint density at radius 3 is 2.30 bits per heavy atom.